The largest absolute Gasteiger partial charge is 0.295 e. The topological polar surface area (TPSA) is 17.8 Å². The average molecular weight is 364 g/mol. The number of hydrogen-bond acceptors (Lipinski definition) is 1. The molecule has 0 saturated heterocycles. The second-order valence-electron chi connectivity index (χ2n) is 5.15. The number of hydrogen-bond donors (Lipinski definition) is 0. The maximum atomic E-state index is 5.97. The van der Waals surface area contributed by atoms with Crippen molar-refractivity contribution >= 4 is 38.6 Å². The van der Waals surface area contributed by atoms with E-state index in [1.54, 1.807) is 0 Å². The zero-order valence-electron chi connectivity index (χ0n) is 12.0. The van der Waals surface area contributed by atoms with Crippen molar-refractivity contribution in [1.29, 1.82) is 0 Å². The Morgan fingerprint density at radius 2 is 1.81 bits per heavy atom. The Morgan fingerprint density at radius 1 is 1.10 bits per heavy atom. The summed E-state index contributed by atoms with van der Waals surface area (Å²) in [5.74, 6) is 1.56. The lowest BCUT2D eigenvalue weighted by Crippen LogP contribution is -2.04. The van der Waals surface area contributed by atoms with Gasteiger partial charge in [0, 0.05) is 16.8 Å². The number of rotatable bonds is 3. The molecular weight excluding hydrogens is 348 g/mol. The van der Waals surface area contributed by atoms with Gasteiger partial charge in [-0.1, -0.05) is 24.3 Å². The van der Waals surface area contributed by atoms with Crippen LogP contribution in [0.3, 0.4) is 0 Å². The van der Waals surface area contributed by atoms with Crippen LogP contribution in [0.2, 0.25) is 0 Å². The van der Waals surface area contributed by atoms with Gasteiger partial charge in [-0.25, -0.2) is 4.98 Å². The molecule has 0 aliphatic rings. The zero-order chi connectivity index (χ0) is 15.0. The first-order valence-corrected chi connectivity index (χ1v) is 8.24. The summed E-state index contributed by atoms with van der Waals surface area (Å²) in [5.41, 5.74) is 5.72. The fourth-order valence-electron chi connectivity index (χ4n) is 2.66. The Balaban J connectivity index is 2.39. The van der Waals surface area contributed by atoms with Crippen LogP contribution in [0.15, 0.2) is 40.9 Å². The molecule has 0 aliphatic carbocycles. The fourth-order valence-corrected chi connectivity index (χ4v) is 3.27. The highest BCUT2D eigenvalue weighted by Gasteiger charge is 2.16. The summed E-state index contributed by atoms with van der Waals surface area (Å²) in [6.07, 6.45) is 0.746. The lowest BCUT2D eigenvalue weighted by Gasteiger charge is -2.13. The minimum absolute atomic E-state index is 0.561. The SMILES string of the molecule is Cc1cccc(-n2c(CCCl)nc3cccc(C)c32)c1Br. The van der Waals surface area contributed by atoms with Gasteiger partial charge >= 0.3 is 0 Å². The van der Waals surface area contributed by atoms with Gasteiger partial charge < -0.3 is 0 Å². The number of benzene rings is 2. The molecule has 0 N–H and O–H groups in total. The molecule has 3 aromatic rings. The Hall–Kier alpha value is -1.32. The third kappa shape index (κ3) is 2.49. The first kappa shape index (κ1) is 14.6. The van der Waals surface area contributed by atoms with Gasteiger partial charge in [0.05, 0.1) is 16.7 Å². The summed E-state index contributed by atoms with van der Waals surface area (Å²) >= 11 is 9.68. The van der Waals surface area contributed by atoms with Crippen molar-refractivity contribution < 1.29 is 0 Å². The minimum Gasteiger partial charge on any atom is -0.295 e. The normalized spacial score (nSPS) is 11.2. The van der Waals surface area contributed by atoms with Crippen LogP contribution in [0.4, 0.5) is 0 Å². The highest BCUT2D eigenvalue weighted by Crippen LogP contribution is 2.31. The van der Waals surface area contributed by atoms with Crippen LogP contribution < -0.4 is 0 Å². The number of halogens is 2. The van der Waals surface area contributed by atoms with Crippen LogP contribution in [-0.2, 0) is 6.42 Å². The van der Waals surface area contributed by atoms with E-state index in [1.807, 2.05) is 6.07 Å². The molecule has 0 radical (unpaired) electrons. The van der Waals surface area contributed by atoms with Gasteiger partial charge in [0.1, 0.15) is 5.82 Å². The summed E-state index contributed by atoms with van der Waals surface area (Å²) < 4.78 is 3.33. The lowest BCUT2D eigenvalue weighted by molar-refractivity contribution is 0.906. The molecular formula is C17H16BrClN2. The van der Waals surface area contributed by atoms with E-state index in [0.29, 0.717) is 5.88 Å². The number of alkyl halides is 1. The smallest absolute Gasteiger partial charge is 0.115 e. The number of aryl methyl sites for hydroxylation is 3. The molecule has 0 unspecified atom stereocenters. The summed E-state index contributed by atoms with van der Waals surface area (Å²) in [6, 6.07) is 12.5. The first-order valence-electron chi connectivity index (χ1n) is 6.92. The molecule has 3 rings (SSSR count). The summed E-state index contributed by atoms with van der Waals surface area (Å²) in [5, 5.41) is 0. The number of fused-ring (bicyclic) bond motifs is 1. The Morgan fingerprint density at radius 3 is 2.57 bits per heavy atom. The van der Waals surface area contributed by atoms with Gasteiger partial charge in [-0.15, -0.1) is 11.6 Å². The fraction of sp³-hybridized carbons (Fsp3) is 0.235. The number of aromatic nitrogens is 2. The average Bonchev–Trinajstić information content (AvgIpc) is 2.82. The summed E-state index contributed by atoms with van der Waals surface area (Å²) in [7, 11) is 0. The van der Waals surface area contributed by atoms with E-state index in [4.69, 9.17) is 16.6 Å². The van der Waals surface area contributed by atoms with Crippen LogP contribution in [0.1, 0.15) is 17.0 Å². The monoisotopic (exact) mass is 362 g/mol. The molecule has 1 aromatic heterocycles. The second-order valence-corrected chi connectivity index (χ2v) is 6.32. The maximum Gasteiger partial charge on any atom is 0.115 e. The summed E-state index contributed by atoms with van der Waals surface area (Å²) in [4.78, 5) is 4.77. The van der Waals surface area contributed by atoms with Gasteiger partial charge in [0.15, 0.2) is 0 Å². The van der Waals surface area contributed by atoms with Crippen molar-refractivity contribution in [2.75, 3.05) is 5.88 Å². The maximum absolute atomic E-state index is 5.97. The van der Waals surface area contributed by atoms with Crippen LogP contribution in [-0.4, -0.2) is 15.4 Å². The van der Waals surface area contributed by atoms with E-state index in [9.17, 15) is 0 Å². The number of para-hydroxylation sites is 1. The van der Waals surface area contributed by atoms with Crippen LogP contribution in [0, 0.1) is 13.8 Å². The van der Waals surface area contributed by atoms with Crippen molar-refractivity contribution in [3.05, 3.63) is 57.8 Å². The molecule has 21 heavy (non-hydrogen) atoms. The molecule has 1 heterocycles. The number of nitrogens with zero attached hydrogens (tertiary/aromatic N) is 2. The van der Waals surface area contributed by atoms with Gasteiger partial charge in [-0.05, 0) is 53.0 Å². The van der Waals surface area contributed by atoms with Gasteiger partial charge in [-0.3, -0.25) is 4.57 Å². The quantitative estimate of drug-likeness (QED) is 0.586. The molecule has 4 heteroatoms. The minimum atomic E-state index is 0.561. The predicted molar refractivity (Wildman–Crippen MR) is 92.7 cm³/mol. The van der Waals surface area contributed by atoms with Crippen molar-refractivity contribution in [1.82, 2.24) is 9.55 Å². The molecule has 2 nitrogen and oxygen atoms in total. The first-order chi connectivity index (χ1) is 10.1. The van der Waals surface area contributed by atoms with E-state index < -0.39 is 0 Å². The van der Waals surface area contributed by atoms with Crippen molar-refractivity contribution in [2.24, 2.45) is 0 Å². The molecule has 0 fully saturated rings. The Kier molecular flexibility index (Phi) is 4.05. The highest BCUT2D eigenvalue weighted by molar-refractivity contribution is 9.10. The summed E-state index contributed by atoms with van der Waals surface area (Å²) in [6.45, 7) is 4.22. The van der Waals surface area contributed by atoms with Crippen molar-refractivity contribution in [3.8, 4) is 5.69 Å². The third-order valence-electron chi connectivity index (χ3n) is 3.68. The predicted octanol–water partition coefficient (Wildman–Crippen LogP) is 5.19. The molecule has 2 aromatic carbocycles. The molecule has 0 bridgehead atoms. The van der Waals surface area contributed by atoms with Gasteiger partial charge in [-0.2, -0.15) is 0 Å². The zero-order valence-corrected chi connectivity index (χ0v) is 14.4. The van der Waals surface area contributed by atoms with E-state index in [2.05, 4.69) is 64.7 Å². The molecule has 108 valence electrons. The second kappa shape index (κ2) is 5.82. The Bertz CT molecular complexity index is 808. The molecule has 0 saturated carbocycles. The van der Waals surface area contributed by atoms with Crippen LogP contribution in [0.5, 0.6) is 0 Å². The standard InChI is InChI=1S/C17H16BrClN2/c1-11-5-4-8-14(16(11)18)21-15(9-10-19)20-13-7-3-6-12(2)17(13)21/h3-8H,9-10H2,1-2H3. The van der Waals surface area contributed by atoms with Gasteiger partial charge in [0.25, 0.3) is 0 Å². The number of imidazole rings is 1. The van der Waals surface area contributed by atoms with E-state index >= 15 is 0 Å². The van der Waals surface area contributed by atoms with Crippen molar-refractivity contribution in [3.63, 3.8) is 0 Å². The van der Waals surface area contributed by atoms with Crippen LogP contribution in [0.25, 0.3) is 16.7 Å². The highest BCUT2D eigenvalue weighted by atomic mass is 79.9. The van der Waals surface area contributed by atoms with E-state index in [0.717, 1.165) is 33.4 Å². The van der Waals surface area contributed by atoms with Crippen LogP contribution >= 0.6 is 27.5 Å². The van der Waals surface area contributed by atoms with E-state index in [-0.39, 0.29) is 0 Å². The molecule has 0 amide bonds. The van der Waals surface area contributed by atoms with Crippen molar-refractivity contribution in [2.45, 2.75) is 20.3 Å². The lowest BCUT2D eigenvalue weighted by atomic mass is 10.2. The third-order valence-corrected chi connectivity index (χ3v) is 4.90. The Labute approximate surface area is 137 Å². The van der Waals surface area contributed by atoms with Gasteiger partial charge in [0.2, 0.25) is 0 Å². The molecule has 0 aliphatic heterocycles. The molecule has 0 atom stereocenters. The van der Waals surface area contributed by atoms with E-state index in [1.165, 1.54) is 11.1 Å². The molecule has 0 spiro atoms.